The molecule has 1 aliphatic heterocycles. The van der Waals surface area contributed by atoms with Gasteiger partial charge in [-0.15, -0.1) is 22.7 Å². The van der Waals surface area contributed by atoms with Gasteiger partial charge in [0.05, 0.1) is 21.1 Å². The highest BCUT2D eigenvalue weighted by Gasteiger charge is 2.18. The molecule has 2 aromatic heterocycles. The Labute approximate surface area is 118 Å². The van der Waals surface area contributed by atoms with Crippen molar-refractivity contribution in [2.75, 3.05) is 13.2 Å². The zero-order chi connectivity index (χ0) is 13.2. The number of carboxylic acid groups (broad SMARTS) is 1. The zero-order valence-corrected chi connectivity index (χ0v) is 11.8. The number of aromatic carboxylic acids is 1. The van der Waals surface area contributed by atoms with Gasteiger partial charge >= 0.3 is 5.97 Å². The summed E-state index contributed by atoms with van der Waals surface area (Å²) in [5.74, 6) is -0.307. The summed E-state index contributed by atoms with van der Waals surface area (Å²) in [6, 6.07) is 1.69. The molecule has 2 aromatic rings. The standard InChI is InChI=1S/C13H13NO3S2/c15-13(16)9-4-11(18-6-9)10-7-19-12(14-10)3-8-1-2-17-5-8/h4,6-8H,1-3,5H2,(H,15,16). The Morgan fingerprint density at radius 3 is 3.05 bits per heavy atom. The summed E-state index contributed by atoms with van der Waals surface area (Å²) in [5, 5.41) is 13.7. The summed E-state index contributed by atoms with van der Waals surface area (Å²) in [5.41, 5.74) is 1.22. The lowest BCUT2D eigenvalue weighted by Gasteiger charge is -2.02. The van der Waals surface area contributed by atoms with Gasteiger partial charge in [-0.1, -0.05) is 0 Å². The van der Waals surface area contributed by atoms with Gasteiger partial charge in [-0.25, -0.2) is 9.78 Å². The van der Waals surface area contributed by atoms with Gasteiger partial charge in [0, 0.05) is 30.4 Å². The second-order valence-corrected chi connectivity index (χ2v) is 6.42. The van der Waals surface area contributed by atoms with E-state index in [1.807, 2.05) is 5.38 Å². The quantitative estimate of drug-likeness (QED) is 0.941. The Hall–Kier alpha value is -1.24. The summed E-state index contributed by atoms with van der Waals surface area (Å²) in [6.07, 6.45) is 2.07. The van der Waals surface area contributed by atoms with E-state index in [1.54, 1.807) is 22.8 Å². The van der Waals surface area contributed by atoms with E-state index < -0.39 is 5.97 Å². The number of ether oxygens (including phenoxy) is 1. The van der Waals surface area contributed by atoms with Crippen LogP contribution in [-0.4, -0.2) is 29.3 Å². The van der Waals surface area contributed by atoms with Gasteiger partial charge in [0.1, 0.15) is 0 Å². The van der Waals surface area contributed by atoms with Crippen LogP contribution >= 0.6 is 22.7 Å². The fourth-order valence-electron chi connectivity index (χ4n) is 2.09. The molecule has 1 aliphatic rings. The third-order valence-corrected chi connectivity index (χ3v) is 4.96. The van der Waals surface area contributed by atoms with Crippen LogP contribution in [0.2, 0.25) is 0 Å². The molecule has 0 aromatic carbocycles. The summed E-state index contributed by atoms with van der Waals surface area (Å²) < 4.78 is 5.36. The second kappa shape index (κ2) is 5.40. The average molecular weight is 295 g/mol. The van der Waals surface area contributed by atoms with Crippen LogP contribution in [0.4, 0.5) is 0 Å². The Morgan fingerprint density at radius 1 is 1.47 bits per heavy atom. The number of rotatable bonds is 4. The molecular formula is C13H13NO3S2. The second-order valence-electron chi connectivity index (χ2n) is 4.57. The number of thiophene rings is 1. The topological polar surface area (TPSA) is 59.4 Å². The highest BCUT2D eigenvalue weighted by Crippen LogP contribution is 2.30. The maximum Gasteiger partial charge on any atom is 0.336 e. The highest BCUT2D eigenvalue weighted by atomic mass is 32.1. The van der Waals surface area contributed by atoms with Crippen LogP contribution in [0, 0.1) is 5.92 Å². The third-order valence-electron chi connectivity index (χ3n) is 3.14. The van der Waals surface area contributed by atoms with Crippen molar-refractivity contribution in [3.05, 3.63) is 27.4 Å². The fraction of sp³-hybridized carbons (Fsp3) is 0.385. The number of hydrogen-bond acceptors (Lipinski definition) is 5. The van der Waals surface area contributed by atoms with Gasteiger partial charge in [-0.3, -0.25) is 0 Å². The summed E-state index contributed by atoms with van der Waals surface area (Å²) in [7, 11) is 0. The lowest BCUT2D eigenvalue weighted by Crippen LogP contribution is -2.02. The van der Waals surface area contributed by atoms with E-state index >= 15 is 0 Å². The summed E-state index contributed by atoms with van der Waals surface area (Å²) >= 11 is 3.07. The lowest BCUT2D eigenvalue weighted by atomic mass is 10.1. The molecule has 0 spiro atoms. The molecule has 0 aliphatic carbocycles. The van der Waals surface area contributed by atoms with Crippen molar-refractivity contribution in [1.82, 2.24) is 4.98 Å². The normalized spacial score (nSPS) is 18.8. The van der Waals surface area contributed by atoms with Crippen LogP contribution in [0.25, 0.3) is 10.6 Å². The van der Waals surface area contributed by atoms with Crippen molar-refractivity contribution >= 4 is 28.6 Å². The van der Waals surface area contributed by atoms with E-state index in [1.165, 1.54) is 11.3 Å². The molecule has 0 radical (unpaired) electrons. The summed E-state index contributed by atoms with van der Waals surface area (Å²) in [6.45, 7) is 1.69. The fourth-order valence-corrected chi connectivity index (χ4v) is 3.92. The van der Waals surface area contributed by atoms with Crippen molar-refractivity contribution in [2.45, 2.75) is 12.8 Å². The van der Waals surface area contributed by atoms with E-state index in [2.05, 4.69) is 4.98 Å². The Kier molecular flexibility index (Phi) is 3.63. The first-order valence-corrected chi connectivity index (χ1v) is 7.82. The van der Waals surface area contributed by atoms with Crippen LogP contribution in [0.15, 0.2) is 16.8 Å². The minimum absolute atomic E-state index is 0.332. The maximum atomic E-state index is 10.9. The third kappa shape index (κ3) is 2.86. The number of thiazole rings is 1. The van der Waals surface area contributed by atoms with Gasteiger partial charge in [-0.2, -0.15) is 0 Å². The van der Waals surface area contributed by atoms with Gasteiger partial charge in [0.2, 0.25) is 0 Å². The molecule has 1 N–H and O–H groups in total. The van der Waals surface area contributed by atoms with Gasteiger partial charge in [0.25, 0.3) is 0 Å². The molecule has 1 atom stereocenters. The molecule has 1 fully saturated rings. The molecule has 4 nitrogen and oxygen atoms in total. The van der Waals surface area contributed by atoms with Crippen molar-refractivity contribution in [2.24, 2.45) is 5.92 Å². The predicted octanol–water partition coefficient (Wildman–Crippen LogP) is 3.15. The van der Waals surface area contributed by atoms with E-state index in [4.69, 9.17) is 9.84 Å². The number of carboxylic acids is 1. The molecule has 100 valence electrons. The molecule has 0 saturated carbocycles. The minimum Gasteiger partial charge on any atom is -0.478 e. The number of nitrogens with zero attached hydrogens (tertiary/aromatic N) is 1. The molecule has 3 rings (SSSR count). The molecule has 1 saturated heterocycles. The summed E-state index contributed by atoms with van der Waals surface area (Å²) in [4.78, 5) is 16.4. The van der Waals surface area contributed by atoms with Gasteiger partial charge in [0.15, 0.2) is 0 Å². The molecule has 19 heavy (non-hydrogen) atoms. The van der Waals surface area contributed by atoms with Crippen LogP contribution in [0.1, 0.15) is 21.8 Å². The predicted molar refractivity (Wildman–Crippen MR) is 75.0 cm³/mol. The van der Waals surface area contributed by atoms with Crippen LogP contribution in [0.3, 0.4) is 0 Å². The molecule has 3 heterocycles. The molecule has 0 amide bonds. The van der Waals surface area contributed by atoms with Crippen molar-refractivity contribution in [1.29, 1.82) is 0 Å². The van der Waals surface area contributed by atoms with Gasteiger partial charge < -0.3 is 9.84 Å². The smallest absolute Gasteiger partial charge is 0.336 e. The van der Waals surface area contributed by atoms with E-state index in [-0.39, 0.29) is 0 Å². The average Bonchev–Trinajstić information content (AvgIpc) is 3.09. The van der Waals surface area contributed by atoms with E-state index in [9.17, 15) is 4.79 Å². The lowest BCUT2D eigenvalue weighted by molar-refractivity contribution is 0.0697. The van der Waals surface area contributed by atoms with Crippen molar-refractivity contribution in [3.63, 3.8) is 0 Å². The first-order valence-electron chi connectivity index (χ1n) is 6.06. The largest absolute Gasteiger partial charge is 0.478 e. The Balaban J connectivity index is 1.74. The SMILES string of the molecule is O=C(O)c1csc(-c2csc(CC3CCOC3)n2)c1. The first kappa shape index (κ1) is 12.8. The highest BCUT2D eigenvalue weighted by molar-refractivity contribution is 7.14. The zero-order valence-electron chi connectivity index (χ0n) is 10.2. The van der Waals surface area contributed by atoms with Crippen molar-refractivity contribution in [3.8, 4) is 10.6 Å². The molecule has 6 heteroatoms. The minimum atomic E-state index is -0.888. The number of hydrogen-bond donors (Lipinski definition) is 1. The first-order chi connectivity index (χ1) is 9.22. The molecule has 0 bridgehead atoms. The Morgan fingerprint density at radius 2 is 2.37 bits per heavy atom. The van der Waals surface area contributed by atoms with Gasteiger partial charge in [-0.05, 0) is 18.4 Å². The van der Waals surface area contributed by atoms with E-state index in [0.717, 1.165) is 41.6 Å². The maximum absolute atomic E-state index is 10.9. The Bertz CT molecular complexity index is 584. The van der Waals surface area contributed by atoms with Crippen LogP contribution < -0.4 is 0 Å². The van der Waals surface area contributed by atoms with Crippen LogP contribution in [-0.2, 0) is 11.2 Å². The van der Waals surface area contributed by atoms with E-state index in [0.29, 0.717) is 11.5 Å². The molecule has 1 unspecified atom stereocenters. The van der Waals surface area contributed by atoms with Crippen LogP contribution in [0.5, 0.6) is 0 Å². The van der Waals surface area contributed by atoms with Crippen molar-refractivity contribution < 1.29 is 14.6 Å². The number of carbonyl (C=O) groups is 1. The molecular weight excluding hydrogens is 282 g/mol. The number of aromatic nitrogens is 1. The monoisotopic (exact) mass is 295 g/mol.